The predicted molar refractivity (Wildman–Crippen MR) is 115 cm³/mol. The summed E-state index contributed by atoms with van der Waals surface area (Å²) in [7, 11) is 1.67. The molecule has 3 rings (SSSR count). The fourth-order valence-electron chi connectivity index (χ4n) is 3.58. The largest absolute Gasteiger partial charge is 0.497 e. The maximum absolute atomic E-state index is 12.4. The quantitative estimate of drug-likeness (QED) is 0.680. The Labute approximate surface area is 168 Å². The molecule has 0 aromatic heterocycles. The van der Waals surface area contributed by atoms with Gasteiger partial charge in [-0.3, -0.25) is 4.79 Å². The summed E-state index contributed by atoms with van der Waals surface area (Å²) >= 11 is 0. The summed E-state index contributed by atoms with van der Waals surface area (Å²) in [5.74, 6) is 0.969. The Balaban J connectivity index is 1.70. The number of rotatable bonds is 7. The SMILES string of the molecule is COc1ccc(N[C@H](C/C=C/C(=O)N2CCCCC2)c2cccc(C)c2)cc1. The molecule has 1 aliphatic heterocycles. The highest BCUT2D eigenvalue weighted by Crippen LogP contribution is 2.25. The Bertz CT molecular complexity index is 793. The van der Waals surface area contributed by atoms with Crippen molar-refractivity contribution in [1.29, 1.82) is 0 Å². The van der Waals surface area contributed by atoms with E-state index in [-0.39, 0.29) is 11.9 Å². The number of carbonyl (C=O) groups is 1. The van der Waals surface area contributed by atoms with E-state index in [1.54, 1.807) is 13.2 Å². The normalized spacial score (nSPS) is 15.4. The first-order valence-electron chi connectivity index (χ1n) is 10.1. The second-order valence-electron chi connectivity index (χ2n) is 7.36. The molecular formula is C24H30N2O2. The average Bonchev–Trinajstić information content (AvgIpc) is 2.74. The number of carbonyl (C=O) groups excluding carboxylic acids is 1. The lowest BCUT2D eigenvalue weighted by molar-refractivity contribution is -0.126. The van der Waals surface area contributed by atoms with Crippen LogP contribution in [0.25, 0.3) is 0 Å². The number of benzene rings is 2. The van der Waals surface area contributed by atoms with Crippen molar-refractivity contribution in [1.82, 2.24) is 4.90 Å². The van der Waals surface area contributed by atoms with E-state index in [4.69, 9.17) is 4.74 Å². The number of amides is 1. The molecule has 0 unspecified atom stereocenters. The molecule has 0 aliphatic carbocycles. The molecule has 2 aromatic carbocycles. The molecule has 1 aliphatic rings. The van der Waals surface area contributed by atoms with Gasteiger partial charge in [-0.1, -0.05) is 35.9 Å². The lowest BCUT2D eigenvalue weighted by atomic mass is 10.0. The minimum Gasteiger partial charge on any atom is -0.497 e. The summed E-state index contributed by atoms with van der Waals surface area (Å²) in [6, 6.07) is 16.5. The van der Waals surface area contributed by atoms with Crippen molar-refractivity contribution >= 4 is 11.6 Å². The molecule has 148 valence electrons. The van der Waals surface area contributed by atoms with Gasteiger partial charge in [0.1, 0.15) is 5.75 Å². The van der Waals surface area contributed by atoms with Gasteiger partial charge in [0.25, 0.3) is 0 Å². The summed E-state index contributed by atoms with van der Waals surface area (Å²) in [5, 5.41) is 3.60. The van der Waals surface area contributed by atoms with Crippen LogP contribution in [0, 0.1) is 6.92 Å². The minimum atomic E-state index is 0.0960. The summed E-state index contributed by atoms with van der Waals surface area (Å²) < 4.78 is 5.24. The maximum Gasteiger partial charge on any atom is 0.246 e. The van der Waals surface area contributed by atoms with Gasteiger partial charge in [0.2, 0.25) is 5.91 Å². The van der Waals surface area contributed by atoms with Gasteiger partial charge in [-0.2, -0.15) is 0 Å². The van der Waals surface area contributed by atoms with Crippen LogP contribution in [0.4, 0.5) is 5.69 Å². The lowest BCUT2D eigenvalue weighted by Gasteiger charge is -2.25. The van der Waals surface area contributed by atoms with Gasteiger partial charge >= 0.3 is 0 Å². The van der Waals surface area contributed by atoms with E-state index >= 15 is 0 Å². The van der Waals surface area contributed by atoms with Crippen LogP contribution in [0.15, 0.2) is 60.7 Å². The molecule has 28 heavy (non-hydrogen) atoms. The second-order valence-corrected chi connectivity index (χ2v) is 7.36. The molecular weight excluding hydrogens is 348 g/mol. The third-order valence-corrected chi connectivity index (χ3v) is 5.18. The molecule has 1 heterocycles. The van der Waals surface area contributed by atoms with Crippen molar-refractivity contribution in [3.8, 4) is 5.75 Å². The van der Waals surface area contributed by atoms with Gasteiger partial charge in [-0.15, -0.1) is 0 Å². The van der Waals surface area contributed by atoms with Gasteiger partial charge in [0, 0.05) is 18.8 Å². The number of hydrogen-bond donors (Lipinski definition) is 1. The van der Waals surface area contributed by atoms with Gasteiger partial charge < -0.3 is 15.0 Å². The first kappa shape index (κ1) is 20.0. The van der Waals surface area contributed by atoms with E-state index in [0.29, 0.717) is 0 Å². The Morgan fingerprint density at radius 3 is 2.57 bits per heavy atom. The third-order valence-electron chi connectivity index (χ3n) is 5.18. The lowest BCUT2D eigenvalue weighted by Crippen LogP contribution is -2.34. The molecule has 1 atom stereocenters. The van der Waals surface area contributed by atoms with Crippen LogP contribution in [0.2, 0.25) is 0 Å². The Kier molecular flexibility index (Phi) is 7.12. The highest BCUT2D eigenvalue weighted by Gasteiger charge is 2.15. The molecule has 0 bridgehead atoms. The van der Waals surface area contributed by atoms with Gasteiger partial charge in [0.15, 0.2) is 0 Å². The van der Waals surface area contributed by atoms with Crippen LogP contribution in [0.1, 0.15) is 42.9 Å². The molecule has 0 spiro atoms. The molecule has 2 aromatic rings. The molecule has 0 radical (unpaired) electrons. The van der Waals surface area contributed by atoms with Crippen LogP contribution < -0.4 is 10.1 Å². The average molecular weight is 379 g/mol. The fourth-order valence-corrected chi connectivity index (χ4v) is 3.58. The van der Waals surface area contributed by atoms with Gasteiger partial charge in [-0.05, 0) is 68.5 Å². The van der Waals surface area contributed by atoms with E-state index in [0.717, 1.165) is 43.8 Å². The number of methoxy groups -OCH3 is 1. The molecule has 1 saturated heterocycles. The Hall–Kier alpha value is -2.75. The van der Waals surface area contributed by atoms with E-state index in [9.17, 15) is 4.79 Å². The Morgan fingerprint density at radius 1 is 1.14 bits per heavy atom. The number of anilines is 1. The number of piperidine rings is 1. The molecule has 1 amide bonds. The Morgan fingerprint density at radius 2 is 1.89 bits per heavy atom. The highest BCUT2D eigenvalue weighted by atomic mass is 16.5. The van der Waals surface area contributed by atoms with Crippen LogP contribution in [-0.2, 0) is 4.79 Å². The van der Waals surface area contributed by atoms with Crippen molar-refractivity contribution in [2.24, 2.45) is 0 Å². The smallest absolute Gasteiger partial charge is 0.246 e. The van der Waals surface area contributed by atoms with E-state index in [1.165, 1.54) is 17.5 Å². The van der Waals surface area contributed by atoms with Gasteiger partial charge in [0.05, 0.1) is 13.2 Å². The van der Waals surface area contributed by atoms with Crippen molar-refractivity contribution in [2.75, 3.05) is 25.5 Å². The van der Waals surface area contributed by atoms with Crippen LogP contribution in [0.5, 0.6) is 5.75 Å². The summed E-state index contributed by atoms with van der Waals surface area (Å²) in [4.78, 5) is 14.4. The van der Waals surface area contributed by atoms with Gasteiger partial charge in [-0.25, -0.2) is 0 Å². The number of aryl methyl sites for hydroxylation is 1. The highest BCUT2D eigenvalue weighted by molar-refractivity contribution is 5.87. The minimum absolute atomic E-state index is 0.0960. The number of hydrogen-bond acceptors (Lipinski definition) is 3. The van der Waals surface area contributed by atoms with Crippen molar-refractivity contribution in [2.45, 2.75) is 38.6 Å². The van der Waals surface area contributed by atoms with Crippen molar-refractivity contribution in [3.05, 3.63) is 71.8 Å². The molecule has 1 N–H and O–H groups in total. The number of nitrogens with zero attached hydrogens (tertiary/aromatic N) is 1. The zero-order valence-corrected chi connectivity index (χ0v) is 16.9. The summed E-state index contributed by atoms with van der Waals surface area (Å²) in [5.41, 5.74) is 3.47. The fraction of sp³-hybridized carbons (Fsp3) is 0.375. The zero-order chi connectivity index (χ0) is 19.8. The second kappa shape index (κ2) is 9.98. The van der Waals surface area contributed by atoms with Crippen molar-refractivity contribution in [3.63, 3.8) is 0 Å². The molecule has 4 heteroatoms. The molecule has 0 saturated carbocycles. The standard InChI is InChI=1S/C24H30N2O2/c1-19-8-6-9-20(18-19)23(25-21-12-14-22(28-2)15-13-21)10-7-11-24(27)26-16-4-3-5-17-26/h6-9,11-15,18,23,25H,3-5,10,16-17H2,1-2H3/b11-7+/t23-/m1/s1. The summed E-state index contributed by atoms with van der Waals surface area (Å²) in [6.45, 7) is 3.87. The van der Waals surface area contributed by atoms with Crippen LogP contribution in [0.3, 0.4) is 0 Å². The first-order valence-corrected chi connectivity index (χ1v) is 10.1. The van der Waals surface area contributed by atoms with Crippen molar-refractivity contribution < 1.29 is 9.53 Å². The third kappa shape index (κ3) is 5.62. The molecule has 1 fully saturated rings. The monoisotopic (exact) mass is 378 g/mol. The topological polar surface area (TPSA) is 41.6 Å². The van der Waals surface area contributed by atoms with E-state index in [2.05, 4.69) is 36.5 Å². The molecule has 4 nitrogen and oxygen atoms in total. The predicted octanol–water partition coefficient (Wildman–Crippen LogP) is 5.12. The first-order chi connectivity index (χ1) is 13.7. The van der Waals surface area contributed by atoms with Crippen LogP contribution >= 0.6 is 0 Å². The van der Waals surface area contributed by atoms with E-state index in [1.807, 2.05) is 35.2 Å². The van der Waals surface area contributed by atoms with E-state index < -0.39 is 0 Å². The number of likely N-dealkylation sites (tertiary alicyclic amines) is 1. The number of ether oxygens (including phenoxy) is 1. The maximum atomic E-state index is 12.4. The summed E-state index contributed by atoms with van der Waals surface area (Å²) in [6.07, 6.45) is 7.95. The zero-order valence-electron chi connectivity index (χ0n) is 16.9. The number of nitrogens with one attached hydrogen (secondary N) is 1. The van der Waals surface area contributed by atoms with Crippen LogP contribution in [-0.4, -0.2) is 31.0 Å².